The summed E-state index contributed by atoms with van der Waals surface area (Å²) in [5.41, 5.74) is -0.112. The van der Waals surface area contributed by atoms with Crippen LogP contribution >= 0.6 is 0 Å². The van der Waals surface area contributed by atoms with Gasteiger partial charge in [0.15, 0.2) is 5.57 Å². The second-order valence-corrected chi connectivity index (χ2v) is 1.82. The van der Waals surface area contributed by atoms with Gasteiger partial charge >= 0.3 is 5.97 Å². The molecule has 0 aromatic heterocycles. The highest BCUT2D eigenvalue weighted by Crippen LogP contribution is 1.96. The van der Waals surface area contributed by atoms with E-state index in [1.165, 1.54) is 0 Å². The topological polar surface area (TPSA) is 59.3 Å². The van der Waals surface area contributed by atoms with Crippen LogP contribution in [0.5, 0.6) is 0 Å². The summed E-state index contributed by atoms with van der Waals surface area (Å²) in [6.45, 7) is 12.1. The summed E-state index contributed by atoms with van der Waals surface area (Å²) >= 11 is 0. The van der Waals surface area contributed by atoms with Crippen LogP contribution in [0.1, 0.15) is 41.5 Å². The number of esters is 1. The first-order valence-electron chi connectivity index (χ1n) is 5.65. The van der Waals surface area contributed by atoms with Crippen molar-refractivity contribution in [3.8, 4) is 6.07 Å². The van der Waals surface area contributed by atoms with Gasteiger partial charge in [-0.05, 0) is 13.8 Å². The molecule has 0 saturated carbocycles. The summed E-state index contributed by atoms with van der Waals surface area (Å²) in [5, 5.41) is 8.45. The maximum absolute atomic E-state index is 10.9. The van der Waals surface area contributed by atoms with Gasteiger partial charge in [-0.2, -0.15) is 5.26 Å². The Bertz CT molecular complexity index is 217. The van der Waals surface area contributed by atoms with Crippen LogP contribution in [0.4, 0.5) is 0 Å². The number of ether oxygens (including phenoxy) is 2. The minimum atomic E-state index is -0.645. The molecule has 0 aliphatic heterocycles. The predicted molar refractivity (Wildman–Crippen MR) is 64.7 cm³/mol. The molecule has 0 aliphatic rings. The van der Waals surface area contributed by atoms with E-state index >= 15 is 0 Å². The van der Waals surface area contributed by atoms with E-state index in [0.29, 0.717) is 6.61 Å². The molecule has 0 fully saturated rings. The van der Waals surface area contributed by atoms with Crippen molar-refractivity contribution in [2.75, 3.05) is 13.2 Å². The van der Waals surface area contributed by atoms with Gasteiger partial charge in [0.05, 0.1) is 13.2 Å². The van der Waals surface area contributed by atoms with Crippen LogP contribution in [0.2, 0.25) is 0 Å². The molecule has 0 spiro atoms. The van der Waals surface area contributed by atoms with Crippen LogP contribution in [0.15, 0.2) is 11.8 Å². The Labute approximate surface area is 98.9 Å². The van der Waals surface area contributed by atoms with E-state index in [1.54, 1.807) is 19.9 Å². The second-order valence-electron chi connectivity index (χ2n) is 1.82. The van der Waals surface area contributed by atoms with Crippen molar-refractivity contribution in [2.45, 2.75) is 41.5 Å². The molecule has 0 aliphatic carbocycles. The van der Waals surface area contributed by atoms with Crippen LogP contribution in [0.25, 0.3) is 0 Å². The number of nitrogens with zero attached hydrogens (tertiary/aromatic N) is 1. The van der Waals surface area contributed by atoms with Gasteiger partial charge in [-0.15, -0.1) is 0 Å². The predicted octanol–water partition coefficient (Wildman–Crippen LogP) is 3.05. The Morgan fingerprint density at radius 3 is 2.00 bits per heavy atom. The number of nitriles is 1. The largest absolute Gasteiger partial charge is 0.500 e. The Balaban J connectivity index is -0.000000376. The highest BCUT2D eigenvalue weighted by Gasteiger charge is 2.09. The van der Waals surface area contributed by atoms with Crippen LogP contribution in [-0.2, 0) is 14.3 Å². The summed E-state index contributed by atoms with van der Waals surface area (Å²) in [7, 11) is 0. The van der Waals surface area contributed by atoms with Gasteiger partial charge in [-0.25, -0.2) is 4.79 Å². The molecule has 4 nitrogen and oxygen atoms in total. The molecule has 94 valence electrons. The van der Waals surface area contributed by atoms with Crippen LogP contribution in [0, 0.1) is 11.3 Å². The quantitative estimate of drug-likeness (QED) is 0.322. The Kier molecular flexibility index (Phi) is 23.9. The molecule has 0 bridgehead atoms. The zero-order valence-corrected chi connectivity index (χ0v) is 11.2. The Morgan fingerprint density at radius 2 is 1.69 bits per heavy atom. The number of rotatable bonds is 4. The number of carbonyl (C=O) groups is 1. The summed E-state index contributed by atoms with van der Waals surface area (Å²) in [6, 6.07) is 1.68. The molecule has 0 amide bonds. The summed E-state index contributed by atoms with van der Waals surface area (Å²) in [6.07, 6.45) is 1.11. The standard InChI is InChI=1S/C8H11NO3.2C2H6/c1-3-11-6-7(5-9)8(10)12-4-2;2*1-2/h6H,3-4H2,1-2H3;2*1-2H3/b7-6-;;. The van der Waals surface area contributed by atoms with Gasteiger partial charge in [0.25, 0.3) is 0 Å². The fourth-order valence-electron chi connectivity index (χ4n) is 0.496. The van der Waals surface area contributed by atoms with Gasteiger partial charge in [0, 0.05) is 0 Å². The molecular formula is C12H23NO3. The van der Waals surface area contributed by atoms with Gasteiger partial charge in [-0.1, -0.05) is 27.7 Å². The molecule has 0 aromatic rings. The first kappa shape index (κ1) is 20.0. The highest BCUT2D eigenvalue weighted by molar-refractivity contribution is 5.92. The second kappa shape index (κ2) is 19.1. The van der Waals surface area contributed by atoms with Crippen molar-refractivity contribution >= 4 is 5.97 Å². The van der Waals surface area contributed by atoms with Crippen LogP contribution in [-0.4, -0.2) is 19.2 Å². The molecule has 0 rings (SSSR count). The van der Waals surface area contributed by atoms with Crippen LogP contribution in [0.3, 0.4) is 0 Å². The average Bonchev–Trinajstić information content (AvgIpc) is 2.35. The average molecular weight is 229 g/mol. The van der Waals surface area contributed by atoms with Crippen molar-refractivity contribution in [3.63, 3.8) is 0 Å². The van der Waals surface area contributed by atoms with Gasteiger partial charge in [0.1, 0.15) is 12.3 Å². The lowest BCUT2D eigenvalue weighted by Gasteiger charge is -1.99. The van der Waals surface area contributed by atoms with Crippen molar-refractivity contribution in [1.29, 1.82) is 5.26 Å². The number of carbonyl (C=O) groups excluding carboxylic acids is 1. The zero-order valence-electron chi connectivity index (χ0n) is 11.2. The smallest absolute Gasteiger partial charge is 0.352 e. The minimum Gasteiger partial charge on any atom is -0.500 e. The van der Waals surface area contributed by atoms with Crippen molar-refractivity contribution in [2.24, 2.45) is 0 Å². The van der Waals surface area contributed by atoms with Crippen molar-refractivity contribution < 1.29 is 14.3 Å². The maximum atomic E-state index is 10.9. The molecule has 0 radical (unpaired) electrons. The van der Waals surface area contributed by atoms with Gasteiger partial charge in [-0.3, -0.25) is 0 Å². The third-order valence-electron chi connectivity index (χ3n) is 0.984. The van der Waals surface area contributed by atoms with Crippen molar-refractivity contribution in [1.82, 2.24) is 0 Å². The highest BCUT2D eigenvalue weighted by atomic mass is 16.5. The van der Waals surface area contributed by atoms with Gasteiger partial charge in [0.2, 0.25) is 0 Å². The maximum Gasteiger partial charge on any atom is 0.352 e. The lowest BCUT2D eigenvalue weighted by molar-refractivity contribution is -0.138. The molecule has 0 saturated heterocycles. The normalized spacial score (nSPS) is 8.44. The number of hydrogen-bond donors (Lipinski definition) is 0. The van der Waals surface area contributed by atoms with E-state index in [4.69, 9.17) is 10.00 Å². The molecule has 16 heavy (non-hydrogen) atoms. The molecule has 0 atom stereocenters. The fourth-order valence-corrected chi connectivity index (χ4v) is 0.496. The third kappa shape index (κ3) is 12.5. The summed E-state index contributed by atoms with van der Waals surface area (Å²) in [4.78, 5) is 10.9. The molecule has 4 heteroatoms. The van der Waals surface area contributed by atoms with E-state index in [-0.39, 0.29) is 12.2 Å². The number of hydrogen-bond acceptors (Lipinski definition) is 4. The Morgan fingerprint density at radius 1 is 1.19 bits per heavy atom. The minimum absolute atomic E-state index is 0.112. The van der Waals surface area contributed by atoms with Gasteiger partial charge < -0.3 is 9.47 Å². The third-order valence-corrected chi connectivity index (χ3v) is 0.984. The van der Waals surface area contributed by atoms with E-state index in [9.17, 15) is 4.79 Å². The summed E-state index contributed by atoms with van der Waals surface area (Å²) in [5.74, 6) is -0.645. The molecular weight excluding hydrogens is 206 g/mol. The van der Waals surface area contributed by atoms with Crippen LogP contribution < -0.4 is 0 Å². The molecule has 0 N–H and O–H groups in total. The van der Waals surface area contributed by atoms with E-state index in [1.807, 2.05) is 27.7 Å². The fraction of sp³-hybridized carbons (Fsp3) is 0.667. The monoisotopic (exact) mass is 229 g/mol. The first-order chi connectivity index (χ1) is 7.76. The van der Waals surface area contributed by atoms with Crippen molar-refractivity contribution in [3.05, 3.63) is 11.8 Å². The molecule has 0 heterocycles. The first-order valence-corrected chi connectivity index (χ1v) is 5.65. The molecule has 0 unspecified atom stereocenters. The SMILES string of the molecule is CC.CC.CCO/C=C(/C#N)C(=O)OCC. The molecule has 0 aromatic carbocycles. The Hall–Kier alpha value is -1.50. The van der Waals surface area contributed by atoms with E-state index < -0.39 is 5.97 Å². The zero-order chi connectivity index (χ0) is 13.4. The lowest BCUT2D eigenvalue weighted by atomic mass is 10.3. The lowest BCUT2D eigenvalue weighted by Crippen LogP contribution is -2.06. The van der Waals surface area contributed by atoms with E-state index in [2.05, 4.69) is 4.74 Å². The summed E-state index contributed by atoms with van der Waals surface area (Å²) < 4.78 is 9.35. The van der Waals surface area contributed by atoms with E-state index in [0.717, 1.165) is 6.26 Å².